The van der Waals surface area contributed by atoms with E-state index in [2.05, 4.69) is 32.9 Å². The van der Waals surface area contributed by atoms with Crippen LogP contribution in [0, 0.1) is 5.92 Å². The van der Waals surface area contributed by atoms with Crippen molar-refractivity contribution in [3.05, 3.63) is 12.2 Å². The van der Waals surface area contributed by atoms with Crippen molar-refractivity contribution in [2.45, 2.75) is 52.9 Å². The summed E-state index contributed by atoms with van der Waals surface area (Å²) < 4.78 is 0. The lowest BCUT2D eigenvalue weighted by atomic mass is 10.0. The van der Waals surface area contributed by atoms with Crippen LogP contribution in [0.15, 0.2) is 12.2 Å². The molecule has 0 unspecified atom stereocenters. The van der Waals surface area contributed by atoms with E-state index in [0.29, 0.717) is 0 Å². The van der Waals surface area contributed by atoms with E-state index in [0.717, 1.165) is 5.92 Å². The molecule has 11 heavy (non-hydrogen) atoms. The van der Waals surface area contributed by atoms with Gasteiger partial charge < -0.3 is 0 Å². The summed E-state index contributed by atoms with van der Waals surface area (Å²) in [5.41, 5.74) is 0. The summed E-state index contributed by atoms with van der Waals surface area (Å²) in [6, 6.07) is 0. The first-order valence-corrected chi connectivity index (χ1v) is 4.94. The zero-order valence-electron chi connectivity index (χ0n) is 8.27. The Kier molecular flexibility index (Phi) is 7.66. The third-order valence-corrected chi connectivity index (χ3v) is 2.03. The fourth-order valence-corrected chi connectivity index (χ4v) is 1.32. The van der Waals surface area contributed by atoms with Crippen LogP contribution in [0.5, 0.6) is 0 Å². The van der Waals surface area contributed by atoms with Gasteiger partial charge in [0.25, 0.3) is 0 Å². The van der Waals surface area contributed by atoms with Gasteiger partial charge >= 0.3 is 0 Å². The molecule has 0 amide bonds. The minimum atomic E-state index is 0.789. The summed E-state index contributed by atoms with van der Waals surface area (Å²) in [4.78, 5) is 0. The highest BCUT2D eigenvalue weighted by Gasteiger charge is 1.94. The van der Waals surface area contributed by atoms with E-state index in [-0.39, 0.29) is 0 Å². The standard InChI is InChI=1S/C11H22/c1-4-6-7-8-10-11(3)9-5-2/h5,9,11H,4,6-8,10H2,1-3H3/b9-5+/t11-/m1/s1. The van der Waals surface area contributed by atoms with Gasteiger partial charge in [0.1, 0.15) is 0 Å². The van der Waals surface area contributed by atoms with Crippen LogP contribution in [0.1, 0.15) is 52.9 Å². The molecule has 0 spiro atoms. The zero-order chi connectivity index (χ0) is 8.53. The fraction of sp³-hybridized carbons (Fsp3) is 0.818. The van der Waals surface area contributed by atoms with Crippen LogP contribution < -0.4 is 0 Å². The van der Waals surface area contributed by atoms with Crippen molar-refractivity contribution in [1.82, 2.24) is 0 Å². The molecule has 0 bridgehead atoms. The van der Waals surface area contributed by atoms with Crippen LogP contribution >= 0.6 is 0 Å². The topological polar surface area (TPSA) is 0 Å². The van der Waals surface area contributed by atoms with E-state index in [1.165, 1.54) is 32.1 Å². The Labute approximate surface area is 71.7 Å². The summed E-state index contributed by atoms with van der Waals surface area (Å²) >= 11 is 0. The molecular formula is C11H22. The summed E-state index contributed by atoms with van der Waals surface area (Å²) in [7, 11) is 0. The molecule has 0 aromatic carbocycles. The lowest BCUT2D eigenvalue weighted by Crippen LogP contribution is -1.88. The first-order chi connectivity index (χ1) is 5.31. The van der Waals surface area contributed by atoms with Crippen molar-refractivity contribution < 1.29 is 0 Å². The molecule has 0 aliphatic heterocycles. The van der Waals surface area contributed by atoms with Gasteiger partial charge in [0, 0.05) is 0 Å². The molecular weight excluding hydrogens is 132 g/mol. The lowest BCUT2D eigenvalue weighted by molar-refractivity contribution is 0.561. The number of rotatable bonds is 6. The fourth-order valence-electron chi connectivity index (χ4n) is 1.32. The normalized spacial score (nSPS) is 14.1. The summed E-state index contributed by atoms with van der Waals surface area (Å²) in [5, 5.41) is 0. The highest BCUT2D eigenvalue weighted by atomic mass is 14.0. The first-order valence-electron chi connectivity index (χ1n) is 4.94. The van der Waals surface area contributed by atoms with E-state index in [9.17, 15) is 0 Å². The maximum Gasteiger partial charge on any atom is -0.0262 e. The molecule has 0 nitrogen and oxygen atoms in total. The second-order valence-electron chi connectivity index (χ2n) is 3.35. The van der Waals surface area contributed by atoms with Crippen molar-refractivity contribution in [3.8, 4) is 0 Å². The molecule has 0 N–H and O–H groups in total. The second-order valence-corrected chi connectivity index (χ2v) is 3.35. The Bertz CT molecular complexity index is 92.2. The Morgan fingerprint density at radius 3 is 2.45 bits per heavy atom. The van der Waals surface area contributed by atoms with E-state index >= 15 is 0 Å². The van der Waals surface area contributed by atoms with Crippen LogP contribution in [-0.4, -0.2) is 0 Å². The van der Waals surface area contributed by atoms with Gasteiger partial charge in [0.15, 0.2) is 0 Å². The number of unbranched alkanes of at least 4 members (excludes halogenated alkanes) is 3. The number of allylic oxidation sites excluding steroid dienone is 2. The summed E-state index contributed by atoms with van der Waals surface area (Å²) in [6.45, 7) is 6.66. The van der Waals surface area contributed by atoms with Crippen molar-refractivity contribution in [1.29, 1.82) is 0 Å². The quantitative estimate of drug-likeness (QED) is 0.398. The zero-order valence-corrected chi connectivity index (χ0v) is 8.27. The molecule has 0 aliphatic carbocycles. The third-order valence-electron chi connectivity index (χ3n) is 2.03. The molecule has 0 rings (SSSR count). The van der Waals surface area contributed by atoms with Gasteiger partial charge in [-0.2, -0.15) is 0 Å². The van der Waals surface area contributed by atoms with Gasteiger partial charge in [0.05, 0.1) is 0 Å². The maximum atomic E-state index is 2.30. The van der Waals surface area contributed by atoms with Gasteiger partial charge in [-0.25, -0.2) is 0 Å². The van der Waals surface area contributed by atoms with E-state index < -0.39 is 0 Å². The predicted octanol–water partition coefficient (Wildman–Crippen LogP) is 4.17. The van der Waals surface area contributed by atoms with E-state index in [4.69, 9.17) is 0 Å². The Hall–Kier alpha value is -0.260. The van der Waals surface area contributed by atoms with Crippen LogP contribution in [0.3, 0.4) is 0 Å². The van der Waals surface area contributed by atoms with Crippen molar-refractivity contribution in [3.63, 3.8) is 0 Å². The highest BCUT2D eigenvalue weighted by Crippen LogP contribution is 2.10. The van der Waals surface area contributed by atoms with Gasteiger partial charge in [-0.15, -0.1) is 0 Å². The van der Waals surface area contributed by atoms with Crippen LogP contribution in [0.4, 0.5) is 0 Å². The molecule has 0 saturated heterocycles. The summed E-state index contributed by atoms with van der Waals surface area (Å²) in [5.74, 6) is 0.789. The molecule has 0 heterocycles. The molecule has 0 aromatic rings. The maximum absolute atomic E-state index is 2.30. The van der Waals surface area contributed by atoms with Gasteiger partial charge in [-0.05, 0) is 19.3 Å². The molecule has 0 radical (unpaired) electrons. The predicted molar refractivity (Wildman–Crippen MR) is 52.7 cm³/mol. The minimum absolute atomic E-state index is 0.789. The van der Waals surface area contributed by atoms with Crippen molar-refractivity contribution in [2.24, 2.45) is 5.92 Å². The third kappa shape index (κ3) is 7.64. The molecule has 1 atom stereocenters. The SMILES string of the molecule is C/C=C/[C@@H](C)CCCCCC. The average Bonchev–Trinajstić information content (AvgIpc) is 1.99. The smallest absolute Gasteiger partial charge is 0.0262 e. The Balaban J connectivity index is 3.10. The van der Waals surface area contributed by atoms with E-state index in [1.54, 1.807) is 0 Å². The molecule has 0 aliphatic rings. The Morgan fingerprint density at radius 2 is 1.91 bits per heavy atom. The Morgan fingerprint density at radius 1 is 1.18 bits per heavy atom. The average molecular weight is 154 g/mol. The molecule has 0 aromatic heterocycles. The number of hydrogen-bond acceptors (Lipinski definition) is 0. The van der Waals surface area contributed by atoms with Crippen molar-refractivity contribution in [2.75, 3.05) is 0 Å². The molecule has 0 heteroatoms. The van der Waals surface area contributed by atoms with Gasteiger partial charge in [-0.3, -0.25) is 0 Å². The molecule has 0 fully saturated rings. The summed E-state index contributed by atoms with van der Waals surface area (Å²) in [6.07, 6.45) is 11.4. The molecule has 66 valence electrons. The highest BCUT2D eigenvalue weighted by molar-refractivity contribution is 4.82. The number of hydrogen-bond donors (Lipinski definition) is 0. The van der Waals surface area contributed by atoms with Gasteiger partial charge in [-0.1, -0.05) is 51.7 Å². The first kappa shape index (κ1) is 10.7. The molecule has 0 saturated carbocycles. The van der Waals surface area contributed by atoms with Gasteiger partial charge in [0.2, 0.25) is 0 Å². The second kappa shape index (κ2) is 7.84. The minimum Gasteiger partial charge on any atom is -0.0914 e. The van der Waals surface area contributed by atoms with Crippen LogP contribution in [0.25, 0.3) is 0 Å². The largest absolute Gasteiger partial charge is 0.0914 e. The van der Waals surface area contributed by atoms with Crippen LogP contribution in [-0.2, 0) is 0 Å². The lowest BCUT2D eigenvalue weighted by Gasteiger charge is -2.04. The van der Waals surface area contributed by atoms with Crippen molar-refractivity contribution >= 4 is 0 Å². The van der Waals surface area contributed by atoms with Crippen LogP contribution in [0.2, 0.25) is 0 Å². The van der Waals surface area contributed by atoms with E-state index in [1.807, 2.05) is 0 Å². The monoisotopic (exact) mass is 154 g/mol.